The monoisotopic (exact) mass is 362 g/mol. The van der Waals surface area contributed by atoms with Crippen molar-refractivity contribution < 1.29 is 19.7 Å². The lowest BCUT2D eigenvalue weighted by molar-refractivity contribution is -0.394. The van der Waals surface area contributed by atoms with Crippen molar-refractivity contribution in [1.82, 2.24) is 0 Å². The predicted molar refractivity (Wildman–Crippen MR) is 83.7 cm³/mol. The Hall–Kier alpha value is -4.36. The van der Waals surface area contributed by atoms with Crippen LogP contribution in [0.25, 0.3) is 0 Å². The average molecular weight is 362 g/mol. The second kappa shape index (κ2) is 7.04. The number of benzene rings is 2. The highest BCUT2D eigenvalue weighted by atomic mass is 16.6. The second-order valence-electron chi connectivity index (χ2n) is 4.57. The predicted octanol–water partition coefficient (Wildman–Crippen LogP) is 3.73. The van der Waals surface area contributed by atoms with Crippen LogP contribution in [0.3, 0.4) is 0 Å². The summed E-state index contributed by atoms with van der Waals surface area (Å²) in [6.45, 7) is 0. The van der Waals surface area contributed by atoms with Crippen LogP contribution in [-0.4, -0.2) is 19.7 Å². The quantitative estimate of drug-likeness (QED) is 0.420. The van der Waals surface area contributed by atoms with Crippen molar-refractivity contribution in [2.75, 3.05) is 0 Å². The third-order valence-corrected chi connectivity index (χ3v) is 3.00. The lowest BCUT2D eigenvalue weighted by Gasteiger charge is -1.98. The molecular weight excluding hydrogens is 356 g/mol. The van der Waals surface area contributed by atoms with Crippen LogP contribution in [0, 0.1) is 40.5 Å². The molecule has 0 fully saturated rings. The van der Waals surface area contributed by atoms with Crippen LogP contribution < -0.4 is 0 Å². The largest absolute Gasteiger partial charge is 0.303 e. The zero-order chi connectivity index (χ0) is 19.4. The Morgan fingerprint density at radius 3 is 1.19 bits per heavy atom. The average Bonchev–Trinajstić information content (AvgIpc) is 2.59. The van der Waals surface area contributed by atoms with E-state index >= 15 is 0 Å². The number of nitro groups is 4. The summed E-state index contributed by atoms with van der Waals surface area (Å²) in [6, 6.07) is 5.14. The fraction of sp³-hybridized carbons (Fsp3) is 0. The minimum Gasteiger partial charge on any atom is -0.258 e. The third kappa shape index (κ3) is 3.75. The molecule has 0 aliphatic heterocycles. The van der Waals surface area contributed by atoms with E-state index in [0.717, 1.165) is 24.3 Å². The van der Waals surface area contributed by atoms with E-state index in [9.17, 15) is 40.5 Å². The zero-order valence-corrected chi connectivity index (χ0v) is 12.4. The smallest absolute Gasteiger partial charge is 0.258 e. The van der Waals surface area contributed by atoms with E-state index in [1.54, 1.807) is 0 Å². The van der Waals surface area contributed by atoms with Crippen molar-refractivity contribution in [3.63, 3.8) is 0 Å². The highest BCUT2D eigenvalue weighted by Gasteiger charge is 2.22. The van der Waals surface area contributed by atoms with Gasteiger partial charge < -0.3 is 0 Å². The van der Waals surface area contributed by atoms with E-state index < -0.39 is 42.4 Å². The van der Waals surface area contributed by atoms with E-state index in [0.29, 0.717) is 12.1 Å². The van der Waals surface area contributed by atoms with Gasteiger partial charge in [-0.3, -0.25) is 40.5 Å². The van der Waals surface area contributed by atoms with Gasteiger partial charge >= 0.3 is 11.4 Å². The molecule has 0 bridgehead atoms. The molecule has 0 radical (unpaired) electrons. The molecular formula is C12H6N6O8. The van der Waals surface area contributed by atoms with Crippen molar-refractivity contribution in [3.8, 4) is 0 Å². The topological polar surface area (TPSA) is 197 Å². The molecule has 0 unspecified atom stereocenters. The summed E-state index contributed by atoms with van der Waals surface area (Å²) in [6.07, 6.45) is 0. The summed E-state index contributed by atoms with van der Waals surface area (Å²) in [5.41, 5.74) is -3.31. The van der Waals surface area contributed by atoms with E-state index in [-0.39, 0.29) is 11.4 Å². The molecule has 0 spiro atoms. The Bertz CT molecular complexity index is 895. The molecule has 2 rings (SSSR count). The molecule has 0 heterocycles. The van der Waals surface area contributed by atoms with Crippen molar-refractivity contribution in [2.45, 2.75) is 0 Å². The van der Waals surface area contributed by atoms with Crippen LogP contribution in [0.15, 0.2) is 46.6 Å². The molecule has 26 heavy (non-hydrogen) atoms. The summed E-state index contributed by atoms with van der Waals surface area (Å²) in [5, 5.41) is 50.3. The van der Waals surface area contributed by atoms with Gasteiger partial charge in [0.15, 0.2) is 11.4 Å². The molecule has 14 heteroatoms. The van der Waals surface area contributed by atoms with Crippen LogP contribution in [0.2, 0.25) is 0 Å². The second-order valence-corrected chi connectivity index (χ2v) is 4.57. The molecule has 132 valence electrons. The lowest BCUT2D eigenvalue weighted by atomic mass is 10.2. The maximum Gasteiger partial charge on any atom is 0.303 e. The number of nitro benzene ring substituents is 4. The van der Waals surface area contributed by atoms with Gasteiger partial charge in [0.2, 0.25) is 0 Å². The van der Waals surface area contributed by atoms with Crippen molar-refractivity contribution >= 4 is 34.1 Å². The van der Waals surface area contributed by atoms with Gasteiger partial charge in [-0.15, -0.1) is 10.2 Å². The molecule has 0 aromatic heterocycles. The third-order valence-electron chi connectivity index (χ3n) is 3.00. The standard InChI is InChI=1S/C12H6N6O8/c19-15(20)7-1-3-9(11(5-7)17(23)24)13-14-10-4-2-8(16(21)22)6-12(10)18(25)26/h1-6H. The first kappa shape index (κ1) is 18.0. The normalized spacial score (nSPS) is 10.6. The van der Waals surface area contributed by atoms with Gasteiger partial charge in [-0.05, 0) is 12.1 Å². The molecule has 0 aliphatic carbocycles. The molecule has 0 N–H and O–H groups in total. The maximum atomic E-state index is 11.0. The molecule has 14 nitrogen and oxygen atoms in total. The fourth-order valence-electron chi connectivity index (χ4n) is 1.82. The van der Waals surface area contributed by atoms with Crippen molar-refractivity contribution in [3.05, 3.63) is 76.9 Å². The minimum absolute atomic E-state index is 0.381. The maximum absolute atomic E-state index is 11.0. The van der Waals surface area contributed by atoms with Gasteiger partial charge in [-0.2, -0.15) is 0 Å². The van der Waals surface area contributed by atoms with Gasteiger partial charge in [0.1, 0.15) is 0 Å². The first-order chi connectivity index (χ1) is 12.2. The van der Waals surface area contributed by atoms with Gasteiger partial charge in [0.05, 0.1) is 31.8 Å². The van der Waals surface area contributed by atoms with Crippen LogP contribution >= 0.6 is 0 Å². The van der Waals surface area contributed by atoms with Crippen LogP contribution in [0.1, 0.15) is 0 Å². The first-order valence-corrected chi connectivity index (χ1v) is 6.48. The Labute approximate surface area is 142 Å². The highest BCUT2D eigenvalue weighted by Crippen LogP contribution is 2.35. The van der Waals surface area contributed by atoms with Gasteiger partial charge in [-0.25, -0.2) is 0 Å². The fourth-order valence-corrected chi connectivity index (χ4v) is 1.82. The molecule has 0 saturated heterocycles. The molecule has 2 aromatic rings. The van der Waals surface area contributed by atoms with Gasteiger partial charge in [0, 0.05) is 12.1 Å². The Morgan fingerprint density at radius 1 is 0.577 bits per heavy atom. The number of rotatable bonds is 6. The van der Waals surface area contributed by atoms with E-state index in [1.807, 2.05) is 0 Å². The Kier molecular flexibility index (Phi) is 4.87. The van der Waals surface area contributed by atoms with Crippen LogP contribution in [0.4, 0.5) is 34.1 Å². The van der Waals surface area contributed by atoms with E-state index in [2.05, 4.69) is 10.2 Å². The number of hydrogen-bond acceptors (Lipinski definition) is 10. The molecule has 0 aliphatic rings. The van der Waals surface area contributed by atoms with E-state index in [4.69, 9.17) is 0 Å². The van der Waals surface area contributed by atoms with Crippen molar-refractivity contribution in [1.29, 1.82) is 0 Å². The number of azo groups is 1. The molecule has 0 atom stereocenters. The highest BCUT2D eigenvalue weighted by molar-refractivity contribution is 5.64. The SMILES string of the molecule is O=[N+]([O-])c1ccc(N=Nc2ccc([N+](=O)[O-])cc2[N+](=O)[O-])c([N+](=O)[O-])c1. The van der Waals surface area contributed by atoms with Gasteiger partial charge in [0.25, 0.3) is 11.4 Å². The summed E-state index contributed by atoms with van der Waals surface area (Å²) >= 11 is 0. The number of non-ortho nitro benzene ring substituents is 2. The first-order valence-electron chi connectivity index (χ1n) is 6.48. The van der Waals surface area contributed by atoms with Gasteiger partial charge in [-0.1, -0.05) is 0 Å². The lowest BCUT2D eigenvalue weighted by Crippen LogP contribution is -1.93. The van der Waals surface area contributed by atoms with Crippen LogP contribution in [-0.2, 0) is 0 Å². The Morgan fingerprint density at radius 2 is 0.923 bits per heavy atom. The number of nitrogens with zero attached hydrogens (tertiary/aromatic N) is 6. The summed E-state index contributed by atoms with van der Waals surface area (Å²) in [7, 11) is 0. The molecule has 0 saturated carbocycles. The van der Waals surface area contributed by atoms with Crippen LogP contribution in [0.5, 0.6) is 0 Å². The summed E-state index contributed by atoms with van der Waals surface area (Å²) < 4.78 is 0. The molecule has 2 aromatic carbocycles. The summed E-state index contributed by atoms with van der Waals surface area (Å²) in [5.74, 6) is 0. The summed E-state index contributed by atoms with van der Waals surface area (Å²) in [4.78, 5) is 39.8. The minimum atomic E-state index is -0.925. The van der Waals surface area contributed by atoms with E-state index in [1.165, 1.54) is 0 Å². The van der Waals surface area contributed by atoms with Crippen molar-refractivity contribution in [2.24, 2.45) is 10.2 Å². The number of hydrogen-bond donors (Lipinski definition) is 0. The zero-order valence-electron chi connectivity index (χ0n) is 12.4. The molecule has 0 amide bonds. The Balaban J connectivity index is 2.50.